The largest absolute Gasteiger partial charge is 0.386 e. The summed E-state index contributed by atoms with van der Waals surface area (Å²) in [6.45, 7) is 5.57. The number of aliphatic hydroxyl groups is 1. The van der Waals surface area contributed by atoms with Gasteiger partial charge in [0.2, 0.25) is 0 Å². The number of nitrogens with one attached hydrogen (secondary N) is 2. The summed E-state index contributed by atoms with van der Waals surface area (Å²) in [6, 6.07) is 18.8. The van der Waals surface area contributed by atoms with Gasteiger partial charge in [-0.05, 0) is 28.6 Å². The van der Waals surface area contributed by atoms with Crippen LogP contribution in [0.3, 0.4) is 0 Å². The number of aliphatic hydroxyl groups excluding tert-OH is 1. The van der Waals surface area contributed by atoms with E-state index in [0.29, 0.717) is 19.0 Å². The monoisotopic (exact) mass is 566 g/mol. The molecular formula is C24H31IN4O2S. The van der Waals surface area contributed by atoms with Crippen molar-refractivity contribution in [1.82, 2.24) is 15.5 Å². The van der Waals surface area contributed by atoms with E-state index in [1.807, 2.05) is 12.1 Å². The predicted molar refractivity (Wildman–Crippen MR) is 143 cm³/mol. The van der Waals surface area contributed by atoms with Crippen molar-refractivity contribution >= 4 is 51.4 Å². The molecule has 0 amide bonds. The highest BCUT2D eigenvalue weighted by Gasteiger charge is 2.14. The Morgan fingerprint density at radius 2 is 1.81 bits per heavy atom. The van der Waals surface area contributed by atoms with E-state index in [9.17, 15) is 5.11 Å². The Bertz CT molecular complexity index is 987. The van der Waals surface area contributed by atoms with Crippen LogP contribution in [0, 0.1) is 0 Å². The molecule has 2 heterocycles. The van der Waals surface area contributed by atoms with Gasteiger partial charge in [0.1, 0.15) is 6.10 Å². The number of guanidine groups is 1. The first kappa shape index (κ1) is 24.9. The van der Waals surface area contributed by atoms with Crippen molar-refractivity contribution in [1.29, 1.82) is 0 Å². The van der Waals surface area contributed by atoms with Gasteiger partial charge in [0, 0.05) is 49.3 Å². The number of fused-ring (bicyclic) bond motifs is 1. The van der Waals surface area contributed by atoms with E-state index >= 15 is 0 Å². The van der Waals surface area contributed by atoms with Crippen LogP contribution in [0.5, 0.6) is 0 Å². The SMILES string of the molecule is CN=C(NCc1ccccc1CN1CCOCC1)NCC(O)c1cc2ccccc2s1.I. The summed E-state index contributed by atoms with van der Waals surface area (Å²) in [6.07, 6.45) is -0.579. The minimum atomic E-state index is -0.579. The first-order valence-corrected chi connectivity index (χ1v) is 11.5. The number of halogens is 1. The zero-order valence-electron chi connectivity index (χ0n) is 18.3. The molecule has 2 aromatic carbocycles. The number of rotatable bonds is 7. The van der Waals surface area contributed by atoms with E-state index in [-0.39, 0.29) is 24.0 Å². The average molecular weight is 567 g/mol. The molecule has 1 aromatic heterocycles. The van der Waals surface area contributed by atoms with Gasteiger partial charge in [0.25, 0.3) is 0 Å². The summed E-state index contributed by atoms with van der Waals surface area (Å²) in [7, 11) is 1.75. The Labute approximate surface area is 210 Å². The minimum absolute atomic E-state index is 0. The van der Waals surface area contributed by atoms with Crippen LogP contribution in [0.25, 0.3) is 10.1 Å². The Balaban J connectivity index is 0.00000289. The smallest absolute Gasteiger partial charge is 0.191 e. The molecule has 1 aliphatic rings. The number of ether oxygens (including phenoxy) is 1. The summed E-state index contributed by atoms with van der Waals surface area (Å²) in [5, 5.41) is 18.4. The van der Waals surface area contributed by atoms with Crippen molar-refractivity contribution in [3.8, 4) is 0 Å². The molecule has 0 spiro atoms. The van der Waals surface area contributed by atoms with Gasteiger partial charge in [-0.15, -0.1) is 35.3 Å². The van der Waals surface area contributed by atoms with Crippen molar-refractivity contribution < 1.29 is 9.84 Å². The van der Waals surface area contributed by atoms with Crippen molar-refractivity contribution in [2.75, 3.05) is 39.9 Å². The number of thiophene rings is 1. The van der Waals surface area contributed by atoms with Gasteiger partial charge in [0.15, 0.2) is 5.96 Å². The van der Waals surface area contributed by atoms with Gasteiger partial charge in [-0.1, -0.05) is 42.5 Å². The number of hydrogen-bond donors (Lipinski definition) is 3. The fourth-order valence-corrected chi connectivity index (χ4v) is 4.80. The van der Waals surface area contributed by atoms with Crippen LogP contribution in [0.15, 0.2) is 59.6 Å². The van der Waals surface area contributed by atoms with Gasteiger partial charge in [-0.3, -0.25) is 9.89 Å². The van der Waals surface area contributed by atoms with E-state index in [0.717, 1.165) is 37.7 Å². The molecular weight excluding hydrogens is 535 g/mol. The lowest BCUT2D eigenvalue weighted by Gasteiger charge is -2.27. The average Bonchev–Trinajstić information content (AvgIpc) is 3.25. The zero-order valence-corrected chi connectivity index (χ0v) is 21.4. The van der Waals surface area contributed by atoms with Crippen molar-refractivity contribution in [3.05, 3.63) is 70.6 Å². The van der Waals surface area contributed by atoms with Gasteiger partial charge < -0.3 is 20.5 Å². The molecule has 0 aliphatic carbocycles. The quantitative estimate of drug-likeness (QED) is 0.231. The standard InChI is InChI=1S/C24H30N4O2S.HI/c1-25-24(27-16-21(29)23-14-18-6-4-5-9-22(18)31-23)26-15-19-7-2-3-8-20(19)17-28-10-12-30-13-11-28;/h2-9,14,21,29H,10-13,15-17H2,1H3,(H2,25,26,27);1H. The topological polar surface area (TPSA) is 69.1 Å². The second kappa shape index (κ2) is 12.5. The predicted octanol–water partition coefficient (Wildman–Crippen LogP) is 3.75. The third kappa shape index (κ3) is 6.64. The second-order valence-corrected chi connectivity index (χ2v) is 8.78. The normalized spacial score (nSPS) is 15.9. The first-order valence-electron chi connectivity index (χ1n) is 10.7. The highest BCUT2D eigenvalue weighted by Crippen LogP contribution is 2.29. The third-order valence-corrected chi connectivity index (χ3v) is 6.74. The highest BCUT2D eigenvalue weighted by molar-refractivity contribution is 14.0. The van der Waals surface area contributed by atoms with Gasteiger partial charge in [-0.2, -0.15) is 0 Å². The summed E-state index contributed by atoms with van der Waals surface area (Å²) in [5.74, 6) is 0.682. The van der Waals surface area contributed by atoms with Gasteiger partial charge in [0.05, 0.1) is 13.2 Å². The van der Waals surface area contributed by atoms with Crippen LogP contribution in [0.1, 0.15) is 22.1 Å². The molecule has 1 aliphatic heterocycles. The molecule has 172 valence electrons. The van der Waals surface area contributed by atoms with Crippen LogP contribution in [0.4, 0.5) is 0 Å². The van der Waals surface area contributed by atoms with Crippen LogP contribution < -0.4 is 10.6 Å². The van der Waals surface area contributed by atoms with Crippen LogP contribution in [-0.4, -0.2) is 55.9 Å². The summed E-state index contributed by atoms with van der Waals surface area (Å²) in [5.41, 5.74) is 2.57. The van der Waals surface area contributed by atoms with E-state index < -0.39 is 6.10 Å². The lowest BCUT2D eigenvalue weighted by molar-refractivity contribution is 0.0341. The van der Waals surface area contributed by atoms with Crippen molar-refractivity contribution in [2.24, 2.45) is 4.99 Å². The first-order chi connectivity index (χ1) is 15.2. The van der Waals surface area contributed by atoms with Gasteiger partial charge in [-0.25, -0.2) is 0 Å². The Hall–Kier alpha value is -1.72. The number of hydrogen-bond acceptors (Lipinski definition) is 5. The maximum absolute atomic E-state index is 10.6. The lowest BCUT2D eigenvalue weighted by atomic mass is 10.1. The molecule has 0 saturated carbocycles. The fraction of sp³-hybridized carbons (Fsp3) is 0.375. The minimum Gasteiger partial charge on any atom is -0.386 e. The maximum Gasteiger partial charge on any atom is 0.191 e. The Morgan fingerprint density at radius 3 is 2.56 bits per heavy atom. The molecule has 32 heavy (non-hydrogen) atoms. The Morgan fingerprint density at radius 1 is 1.09 bits per heavy atom. The molecule has 1 saturated heterocycles. The van der Waals surface area contributed by atoms with Gasteiger partial charge >= 0.3 is 0 Å². The third-order valence-electron chi connectivity index (χ3n) is 5.52. The molecule has 0 bridgehead atoms. The molecule has 4 rings (SSSR count). The molecule has 1 unspecified atom stereocenters. The lowest BCUT2D eigenvalue weighted by Crippen LogP contribution is -2.39. The van der Waals surface area contributed by atoms with E-state index in [4.69, 9.17) is 4.74 Å². The van der Waals surface area contributed by atoms with Crippen LogP contribution >= 0.6 is 35.3 Å². The van der Waals surface area contributed by atoms with Crippen molar-refractivity contribution in [3.63, 3.8) is 0 Å². The summed E-state index contributed by atoms with van der Waals surface area (Å²) in [4.78, 5) is 7.70. The number of benzene rings is 2. The van der Waals surface area contributed by atoms with E-state index in [1.165, 1.54) is 21.2 Å². The molecule has 0 radical (unpaired) electrons. The van der Waals surface area contributed by atoms with Crippen LogP contribution in [0.2, 0.25) is 0 Å². The molecule has 3 aromatic rings. The maximum atomic E-state index is 10.6. The number of aliphatic imine (C=N–C) groups is 1. The number of nitrogens with zero attached hydrogens (tertiary/aromatic N) is 2. The second-order valence-electron chi connectivity index (χ2n) is 7.67. The molecule has 1 atom stereocenters. The Kier molecular flexibility index (Phi) is 9.73. The highest BCUT2D eigenvalue weighted by atomic mass is 127. The zero-order chi connectivity index (χ0) is 21.5. The molecule has 8 heteroatoms. The summed E-state index contributed by atoms with van der Waals surface area (Å²) >= 11 is 1.63. The molecule has 6 nitrogen and oxygen atoms in total. The van der Waals surface area contributed by atoms with Crippen molar-refractivity contribution in [2.45, 2.75) is 19.2 Å². The molecule has 1 fully saturated rings. The van der Waals surface area contributed by atoms with E-state index in [1.54, 1.807) is 18.4 Å². The number of morpholine rings is 1. The fourth-order valence-electron chi connectivity index (χ4n) is 3.74. The molecule has 3 N–H and O–H groups in total. The van der Waals surface area contributed by atoms with E-state index in [2.05, 4.69) is 63.0 Å². The summed E-state index contributed by atoms with van der Waals surface area (Å²) < 4.78 is 6.65. The van der Waals surface area contributed by atoms with Crippen LogP contribution in [-0.2, 0) is 17.8 Å².